The van der Waals surface area contributed by atoms with Gasteiger partial charge in [0.15, 0.2) is 0 Å². The lowest BCUT2D eigenvalue weighted by atomic mass is 9.81. The Morgan fingerprint density at radius 2 is 2.06 bits per heavy atom. The largest absolute Gasteiger partial charge is 0.310 e. The third kappa shape index (κ3) is 2.35. The molecule has 0 aromatic heterocycles. The van der Waals surface area contributed by atoms with Gasteiger partial charge in [-0.15, -0.1) is 6.58 Å². The second-order valence-corrected chi connectivity index (χ2v) is 4.69. The van der Waals surface area contributed by atoms with Crippen LogP contribution in [0.3, 0.4) is 0 Å². The van der Waals surface area contributed by atoms with Gasteiger partial charge in [-0.05, 0) is 42.9 Å². The number of benzene rings is 1. The Labute approximate surface area is 98.6 Å². The molecule has 0 amide bonds. The minimum Gasteiger partial charge on any atom is -0.310 e. The fourth-order valence-corrected chi connectivity index (χ4v) is 2.58. The Hall–Kier alpha value is -1.08. The van der Waals surface area contributed by atoms with Crippen molar-refractivity contribution in [2.75, 3.05) is 6.54 Å². The van der Waals surface area contributed by atoms with Crippen LogP contribution in [0.15, 0.2) is 36.9 Å². The molecule has 1 aromatic carbocycles. The molecule has 0 heterocycles. The van der Waals surface area contributed by atoms with E-state index in [1.165, 1.54) is 24.0 Å². The van der Waals surface area contributed by atoms with Gasteiger partial charge in [0.1, 0.15) is 0 Å². The molecule has 16 heavy (non-hydrogen) atoms. The predicted octanol–water partition coefficient (Wildman–Crippen LogP) is 3.79. The first-order valence-corrected chi connectivity index (χ1v) is 6.26. The molecule has 0 saturated carbocycles. The van der Waals surface area contributed by atoms with E-state index in [-0.39, 0.29) is 0 Å². The normalized spacial score (nSPS) is 23.8. The van der Waals surface area contributed by atoms with Crippen molar-refractivity contribution < 1.29 is 0 Å². The lowest BCUT2D eigenvalue weighted by Crippen LogP contribution is -2.26. The molecule has 1 nitrogen and oxygen atoms in total. The predicted molar refractivity (Wildman–Crippen MR) is 69.6 cm³/mol. The molecule has 1 N–H and O–H groups in total. The molecule has 1 aromatic rings. The fourth-order valence-electron chi connectivity index (χ4n) is 2.58. The zero-order chi connectivity index (χ0) is 11.4. The van der Waals surface area contributed by atoms with Gasteiger partial charge in [-0.1, -0.05) is 37.3 Å². The summed E-state index contributed by atoms with van der Waals surface area (Å²) in [5.41, 5.74) is 3.04. The standard InChI is InChI=1S/C15H21N/c1-3-4-11-16-15-10-9-12(2)13-7-5-6-8-14(13)15/h3,5-8,12,15-16H,1,4,9-11H2,2H3. The molecule has 0 aliphatic heterocycles. The molecule has 0 fully saturated rings. The van der Waals surface area contributed by atoms with Gasteiger partial charge in [0, 0.05) is 6.04 Å². The van der Waals surface area contributed by atoms with Crippen molar-refractivity contribution in [2.24, 2.45) is 0 Å². The molecule has 0 radical (unpaired) electrons. The molecule has 0 spiro atoms. The molecule has 1 aliphatic carbocycles. The minimum atomic E-state index is 0.548. The van der Waals surface area contributed by atoms with Crippen LogP contribution in [0.1, 0.15) is 49.3 Å². The van der Waals surface area contributed by atoms with Crippen LogP contribution in [-0.4, -0.2) is 6.54 Å². The number of fused-ring (bicyclic) bond motifs is 1. The van der Waals surface area contributed by atoms with Gasteiger partial charge >= 0.3 is 0 Å². The highest BCUT2D eigenvalue weighted by Crippen LogP contribution is 2.36. The number of rotatable bonds is 4. The van der Waals surface area contributed by atoms with Crippen molar-refractivity contribution in [3.05, 3.63) is 48.0 Å². The summed E-state index contributed by atoms with van der Waals surface area (Å²) < 4.78 is 0. The highest BCUT2D eigenvalue weighted by molar-refractivity contribution is 5.34. The van der Waals surface area contributed by atoms with Gasteiger partial charge in [0.2, 0.25) is 0 Å². The van der Waals surface area contributed by atoms with E-state index in [9.17, 15) is 0 Å². The summed E-state index contributed by atoms with van der Waals surface area (Å²) >= 11 is 0. The maximum absolute atomic E-state index is 3.76. The number of hydrogen-bond donors (Lipinski definition) is 1. The van der Waals surface area contributed by atoms with Crippen LogP contribution in [0, 0.1) is 0 Å². The summed E-state index contributed by atoms with van der Waals surface area (Å²) in [4.78, 5) is 0. The van der Waals surface area contributed by atoms with Gasteiger partial charge in [0.25, 0.3) is 0 Å². The molecule has 2 unspecified atom stereocenters. The van der Waals surface area contributed by atoms with Gasteiger partial charge in [0.05, 0.1) is 0 Å². The Kier molecular flexibility index (Phi) is 3.79. The SMILES string of the molecule is C=CCCNC1CCC(C)c2ccccc21. The Balaban J connectivity index is 2.11. The lowest BCUT2D eigenvalue weighted by Gasteiger charge is -2.30. The number of nitrogens with one attached hydrogen (secondary N) is 1. The minimum absolute atomic E-state index is 0.548. The van der Waals surface area contributed by atoms with Crippen molar-refractivity contribution >= 4 is 0 Å². The summed E-state index contributed by atoms with van der Waals surface area (Å²) in [6.45, 7) is 7.13. The van der Waals surface area contributed by atoms with Crippen molar-refractivity contribution in [3.63, 3.8) is 0 Å². The summed E-state index contributed by atoms with van der Waals surface area (Å²) in [5, 5.41) is 3.63. The molecule has 0 saturated heterocycles. The van der Waals surface area contributed by atoms with E-state index in [0.29, 0.717) is 12.0 Å². The van der Waals surface area contributed by atoms with Gasteiger partial charge in [-0.25, -0.2) is 0 Å². The third-order valence-electron chi connectivity index (χ3n) is 3.53. The smallest absolute Gasteiger partial charge is 0.0323 e. The molecule has 0 bridgehead atoms. The Morgan fingerprint density at radius 3 is 2.81 bits per heavy atom. The molecule has 1 aliphatic rings. The van der Waals surface area contributed by atoms with Crippen LogP contribution in [0.25, 0.3) is 0 Å². The topological polar surface area (TPSA) is 12.0 Å². The highest BCUT2D eigenvalue weighted by Gasteiger charge is 2.23. The summed E-state index contributed by atoms with van der Waals surface area (Å²) in [6.07, 6.45) is 5.58. The van der Waals surface area contributed by atoms with Crippen molar-refractivity contribution in [1.29, 1.82) is 0 Å². The van der Waals surface area contributed by atoms with E-state index >= 15 is 0 Å². The van der Waals surface area contributed by atoms with Crippen LogP contribution in [0.4, 0.5) is 0 Å². The summed E-state index contributed by atoms with van der Waals surface area (Å²) in [5.74, 6) is 0.716. The van der Waals surface area contributed by atoms with E-state index in [1.54, 1.807) is 0 Å². The highest BCUT2D eigenvalue weighted by atomic mass is 14.9. The van der Waals surface area contributed by atoms with Gasteiger partial charge < -0.3 is 5.32 Å². The maximum Gasteiger partial charge on any atom is 0.0323 e. The van der Waals surface area contributed by atoms with E-state index in [4.69, 9.17) is 0 Å². The Bertz CT molecular complexity index is 356. The molecular weight excluding hydrogens is 194 g/mol. The monoisotopic (exact) mass is 215 g/mol. The molecule has 2 atom stereocenters. The average Bonchev–Trinajstić information content (AvgIpc) is 2.33. The second kappa shape index (κ2) is 5.31. The van der Waals surface area contributed by atoms with E-state index < -0.39 is 0 Å². The van der Waals surface area contributed by atoms with Crippen molar-refractivity contribution in [3.8, 4) is 0 Å². The van der Waals surface area contributed by atoms with E-state index in [2.05, 4.69) is 43.1 Å². The van der Waals surface area contributed by atoms with Gasteiger partial charge in [-0.3, -0.25) is 0 Å². The third-order valence-corrected chi connectivity index (χ3v) is 3.53. The first-order valence-electron chi connectivity index (χ1n) is 6.26. The maximum atomic E-state index is 3.76. The first-order chi connectivity index (χ1) is 7.83. The lowest BCUT2D eigenvalue weighted by molar-refractivity contribution is 0.436. The van der Waals surface area contributed by atoms with Crippen molar-refractivity contribution in [2.45, 2.75) is 38.1 Å². The van der Waals surface area contributed by atoms with Crippen LogP contribution < -0.4 is 5.32 Å². The molecule has 2 rings (SSSR count). The summed E-state index contributed by atoms with van der Waals surface area (Å²) in [6, 6.07) is 9.41. The second-order valence-electron chi connectivity index (χ2n) is 4.69. The van der Waals surface area contributed by atoms with Gasteiger partial charge in [-0.2, -0.15) is 0 Å². The Morgan fingerprint density at radius 1 is 1.31 bits per heavy atom. The quantitative estimate of drug-likeness (QED) is 0.595. The summed E-state index contributed by atoms with van der Waals surface area (Å²) in [7, 11) is 0. The van der Waals surface area contributed by atoms with Crippen LogP contribution >= 0.6 is 0 Å². The van der Waals surface area contributed by atoms with Crippen LogP contribution in [-0.2, 0) is 0 Å². The zero-order valence-corrected chi connectivity index (χ0v) is 10.1. The molecule has 1 heteroatoms. The van der Waals surface area contributed by atoms with Crippen molar-refractivity contribution in [1.82, 2.24) is 5.32 Å². The van der Waals surface area contributed by atoms with Crippen LogP contribution in [0.5, 0.6) is 0 Å². The number of hydrogen-bond acceptors (Lipinski definition) is 1. The zero-order valence-electron chi connectivity index (χ0n) is 10.1. The van der Waals surface area contributed by atoms with Crippen LogP contribution in [0.2, 0.25) is 0 Å². The first kappa shape index (κ1) is 11.4. The molecule has 86 valence electrons. The van der Waals surface area contributed by atoms with E-state index in [1.807, 2.05) is 6.08 Å². The molecular formula is C15H21N. The fraction of sp³-hybridized carbons (Fsp3) is 0.467. The average molecular weight is 215 g/mol. The van der Waals surface area contributed by atoms with E-state index in [0.717, 1.165) is 13.0 Å².